The van der Waals surface area contributed by atoms with Crippen LogP contribution in [0.5, 0.6) is 17.4 Å². The van der Waals surface area contributed by atoms with Gasteiger partial charge in [0.2, 0.25) is 5.88 Å². The van der Waals surface area contributed by atoms with Crippen molar-refractivity contribution in [1.82, 2.24) is 15.2 Å². The lowest BCUT2D eigenvalue weighted by Gasteiger charge is -2.33. The van der Waals surface area contributed by atoms with Crippen molar-refractivity contribution < 1.29 is 14.3 Å². The molecule has 25 heavy (non-hydrogen) atoms. The van der Waals surface area contributed by atoms with Crippen LogP contribution >= 0.6 is 0 Å². The number of urea groups is 1. The fourth-order valence-electron chi connectivity index (χ4n) is 2.64. The number of ether oxygens (including phenoxy) is 2. The van der Waals surface area contributed by atoms with Crippen molar-refractivity contribution in [2.24, 2.45) is 0 Å². The number of hydrogen-bond acceptors (Lipinski definition) is 5. The van der Waals surface area contributed by atoms with E-state index < -0.39 is 0 Å². The Hall–Kier alpha value is -2.80. The number of anilines is 1. The van der Waals surface area contributed by atoms with E-state index in [2.05, 4.69) is 15.6 Å². The van der Waals surface area contributed by atoms with Crippen LogP contribution in [0.2, 0.25) is 0 Å². The zero-order valence-corrected chi connectivity index (χ0v) is 14.4. The first-order chi connectivity index (χ1) is 12.2. The molecular weight excluding hydrogens is 320 g/mol. The molecule has 0 spiro atoms. The Bertz CT molecular complexity index is 721. The molecule has 0 aliphatic carbocycles. The Morgan fingerprint density at radius 2 is 2.16 bits per heavy atom. The smallest absolute Gasteiger partial charge is 0.322 e. The predicted molar refractivity (Wildman–Crippen MR) is 95.4 cm³/mol. The number of piperazine rings is 1. The number of nitrogens with one attached hydrogen (secondary N) is 2. The molecule has 2 heterocycles. The molecule has 7 heteroatoms. The number of methoxy groups -OCH3 is 1. The molecule has 1 aliphatic rings. The Balaban J connectivity index is 1.60. The Morgan fingerprint density at radius 3 is 2.88 bits per heavy atom. The quantitative estimate of drug-likeness (QED) is 0.893. The van der Waals surface area contributed by atoms with Gasteiger partial charge in [-0.2, -0.15) is 0 Å². The second-order valence-electron chi connectivity index (χ2n) is 5.84. The SMILES string of the molecule is COc1cccc(Oc2ccc(NC(=O)N3CCNC[C@H]3C)cn2)c1. The molecule has 2 amide bonds. The van der Waals surface area contributed by atoms with Gasteiger partial charge < -0.3 is 25.0 Å². The average molecular weight is 342 g/mol. The second-order valence-corrected chi connectivity index (χ2v) is 5.84. The zero-order chi connectivity index (χ0) is 17.6. The van der Waals surface area contributed by atoms with Gasteiger partial charge in [-0.25, -0.2) is 9.78 Å². The molecule has 1 saturated heterocycles. The van der Waals surface area contributed by atoms with E-state index in [4.69, 9.17) is 9.47 Å². The van der Waals surface area contributed by atoms with Crippen LogP contribution in [0.3, 0.4) is 0 Å². The number of amides is 2. The van der Waals surface area contributed by atoms with Crippen molar-refractivity contribution in [1.29, 1.82) is 0 Å². The van der Waals surface area contributed by atoms with Gasteiger partial charge in [-0.15, -0.1) is 0 Å². The fraction of sp³-hybridized carbons (Fsp3) is 0.333. The number of rotatable bonds is 4. The number of hydrogen-bond donors (Lipinski definition) is 2. The summed E-state index contributed by atoms with van der Waals surface area (Å²) in [6, 6.07) is 10.8. The van der Waals surface area contributed by atoms with Crippen molar-refractivity contribution in [2.45, 2.75) is 13.0 Å². The monoisotopic (exact) mass is 342 g/mol. The molecule has 0 unspecified atom stereocenters. The van der Waals surface area contributed by atoms with Crippen LogP contribution in [0.1, 0.15) is 6.92 Å². The minimum absolute atomic E-state index is 0.114. The van der Waals surface area contributed by atoms with Crippen LogP contribution < -0.4 is 20.1 Å². The minimum atomic E-state index is -0.114. The molecule has 0 bridgehead atoms. The maximum absolute atomic E-state index is 12.3. The van der Waals surface area contributed by atoms with Crippen molar-refractivity contribution in [3.63, 3.8) is 0 Å². The molecule has 0 radical (unpaired) electrons. The van der Waals surface area contributed by atoms with Gasteiger partial charge in [0.25, 0.3) is 0 Å². The largest absolute Gasteiger partial charge is 0.497 e. The third-order valence-electron chi connectivity index (χ3n) is 4.01. The summed E-state index contributed by atoms with van der Waals surface area (Å²) >= 11 is 0. The van der Waals surface area contributed by atoms with Crippen LogP contribution in [-0.4, -0.2) is 48.7 Å². The number of nitrogens with zero attached hydrogens (tertiary/aromatic N) is 2. The van der Waals surface area contributed by atoms with Crippen molar-refractivity contribution >= 4 is 11.7 Å². The highest BCUT2D eigenvalue weighted by Gasteiger charge is 2.22. The lowest BCUT2D eigenvalue weighted by molar-refractivity contribution is 0.177. The van der Waals surface area contributed by atoms with Gasteiger partial charge in [0.05, 0.1) is 19.0 Å². The van der Waals surface area contributed by atoms with Gasteiger partial charge in [0, 0.05) is 37.8 Å². The Morgan fingerprint density at radius 1 is 1.32 bits per heavy atom. The first kappa shape index (κ1) is 17.0. The molecule has 7 nitrogen and oxygen atoms in total. The van der Waals surface area contributed by atoms with Crippen LogP contribution in [0.25, 0.3) is 0 Å². The van der Waals surface area contributed by atoms with Gasteiger partial charge in [-0.05, 0) is 25.1 Å². The lowest BCUT2D eigenvalue weighted by Crippen LogP contribution is -2.53. The van der Waals surface area contributed by atoms with E-state index in [-0.39, 0.29) is 12.1 Å². The van der Waals surface area contributed by atoms with Gasteiger partial charge in [0.15, 0.2) is 0 Å². The molecule has 1 aliphatic heterocycles. The van der Waals surface area contributed by atoms with Crippen LogP contribution in [0.15, 0.2) is 42.6 Å². The minimum Gasteiger partial charge on any atom is -0.497 e. The van der Waals surface area contributed by atoms with E-state index >= 15 is 0 Å². The van der Waals surface area contributed by atoms with Crippen molar-refractivity contribution in [3.8, 4) is 17.4 Å². The molecule has 2 N–H and O–H groups in total. The summed E-state index contributed by atoms with van der Waals surface area (Å²) in [7, 11) is 1.61. The number of carbonyl (C=O) groups is 1. The van der Waals surface area contributed by atoms with Crippen LogP contribution in [-0.2, 0) is 0 Å². The third-order valence-corrected chi connectivity index (χ3v) is 4.01. The highest BCUT2D eigenvalue weighted by atomic mass is 16.5. The molecule has 1 aromatic heterocycles. The van der Waals surface area contributed by atoms with Crippen molar-refractivity contribution in [2.75, 3.05) is 32.1 Å². The highest BCUT2D eigenvalue weighted by molar-refractivity contribution is 5.89. The molecule has 0 saturated carbocycles. The summed E-state index contributed by atoms with van der Waals surface area (Å²) in [5.74, 6) is 1.80. The molecule has 1 atom stereocenters. The number of carbonyl (C=O) groups excluding carboxylic acids is 1. The molecule has 2 aromatic rings. The molecular formula is C18H22N4O3. The number of aromatic nitrogens is 1. The summed E-state index contributed by atoms with van der Waals surface area (Å²) in [6.07, 6.45) is 1.58. The summed E-state index contributed by atoms with van der Waals surface area (Å²) < 4.78 is 10.9. The second kappa shape index (κ2) is 7.85. The lowest BCUT2D eigenvalue weighted by atomic mass is 10.2. The van der Waals surface area contributed by atoms with E-state index in [1.165, 1.54) is 0 Å². The maximum Gasteiger partial charge on any atom is 0.322 e. The van der Waals surface area contributed by atoms with E-state index in [1.807, 2.05) is 30.0 Å². The van der Waals surface area contributed by atoms with Crippen LogP contribution in [0, 0.1) is 0 Å². The number of pyridine rings is 1. The van der Waals surface area contributed by atoms with Crippen molar-refractivity contribution in [3.05, 3.63) is 42.6 Å². The summed E-state index contributed by atoms with van der Waals surface area (Å²) in [4.78, 5) is 18.4. The van der Waals surface area contributed by atoms with Gasteiger partial charge in [-0.3, -0.25) is 0 Å². The van der Waals surface area contributed by atoms with Gasteiger partial charge in [-0.1, -0.05) is 6.07 Å². The third kappa shape index (κ3) is 4.39. The number of benzene rings is 1. The van der Waals surface area contributed by atoms with E-state index in [1.54, 1.807) is 31.5 Å². The van der Waals surface area contributed by atoms with E-state index in [0.29, 0.717) is 29.6 Å². The summed E-state index contributed by atoms with van der Waals surface area (Å²) in [6.45, 7) is 4.33. The van der Waals surface area contributed by atoms with E-state index in [9.17, 15) is 4.79 Å². The molecule has 1 aromatic carbocycles. The van der Waals surface area contributed by atoms with Gasteiger partial charge >= 0.3 is 6.03 Å². The fourth-order valence-corrected chi connectivity index (χ4v) is 2.64. The molecule has 1 fully saturated rings. The van der Waals surface area contributed by atoms with Gasteiger partial charge in [0.1, 0.15) is 11.5 Å². The maximum atomic E-state index is 12.3. The normalized spacial score (nSPS) is 17.0. The topological polar surface area (TPSA) is 75.7 Å². The predicted octanol–water partition coefficient (Wildman–Crippen LogP) is 2.71. The average Bonchev–Trinajstić information content (AvgIpc) is 2.64. The first-order valence-electron chi connectivity index (χ1n) is 8.22. The first-order valence-corrected chi connectivity index (χ1v) is 8.22. The van der Waals surface area contributed by atoms with Crippen LogP contribution in [0.4, 0.5) is 10.5 Å². The Kier molecular flexibility index (Phi) is 5.35. The van der Waals surface area contributed by atoms with E-state index in [0.717, 1.165) is 13.1 Å². The summed E-state index contributed by atoms with van der Waals surface area (Å²) in [5.41, 5.74) is 0.633. The molecule has 3 rings (SSSR count). The zero-order valence-electron chi connectivity index (χ0n) is 14.4. The Labute approximate surface area is 147 Å². The standard InChI is InChI=1S/C18H22N4O3/c1-13-11-19-8-9-22(13)18(23)21-14-6-7-17(20-12-14)25-16-5-3-4-15(10-16)24-2/h3-7,10,12-13,19H,8-9,11H2,1-2H3,(H,21,23)/t13-/m1/s1. The summed E-state index contributed by atoms with van der Waals surface area (Å²) in [5, 5.41) is 6.14. The highest BCUT2D eigenvalue weighted by Crippen LogP contribution is 2.24. The molecule has 132 valence electrons.